The topological polar surface area (TPSA) is 20.7 Å². The van der Waals surface area contributed by atoms with Crippen LogP contribution in [0, 0.1) is 4.64 Å². The van der Waals surface area contributed by atoms with Crippen molar-refractivity contribution >= 4 is 12.2 Å². The van der Waals surface area contributed by atoms with Crippen LogP contribution in [0.3, 0.4) is 0 Å². The summed E-state index contributed by atoms with van der Waals surface area (Å²) >= 11 is 5.39. The molecule has 1 N–H and O–H groups in total. The van der Waals surface area contributed by atoms with Crippen LogP contribution in [0.2, 0.25) is 0 Å². The third kappa shape index (κ3) is 1.44. The average molecular weight is 208 g/mol. The average Bonchev–Trinajstić information content (AvgIpc) is 2.75. The van der Waals surface area contributed by atoms with Crippen LogP contribution in [0.25, 0.3) is 0 Å². The fourth-order valence-corrected chi connectivity index (χ4v) is 2.79. The molecule has 14 heavy (non-hydrogen) atoms. The van der Waals surface area contributed by atoms with Gasteiger partial charge in [-0.1, -0.05) is 25.1 Å². The van der Waals surface area contributed by atoms with Crippen molar-refractivity contribution in [3.8, 4) is 0 Å². The summed E-state index contributed by atoms with van der Waals surface area (Å²) in [6, 6.07) is 2.83. The molecule has 2 aliphatic rings. The smallest absolute Gasteiger partial charge is 0.122 e. The van der Waals surface area contributed by atoms with E-state index in [9.17, 15) is 0 Å². The van der Waals surface area contributed by atoms with E-state index in [0.717, 1.165) is 10.6 Å². The molecule has 1 aromatic rings. The Labute approximate surface area is 89.3 Å². The summed E-state index contributed by atoms with van der Waals surface area (Å²) in [6.45, 7) is 0. The molecule has 0 radical (unpaired) electrons. The van der Waals surface area contributed by atoms with Gasteiger partial charge in [0.1, 0.15) is 4.64 Å². The van der Waals surface area contributed by atoms with E-state index >= 15 is 0 Å². The maximum absolute atomic E-state index is 5.39. The van der Waals surface area contributed by atoms with E-state index in [2.05, 4.69) is 15.8 Å². The second kappa shape index (κ2) is 3.23. The van der Waals surface area contributed by atoms with Crippen LogP contribution in [0.5, 0.6) is 0 Å². The lowest BCUT2D eigenvalue weighted by Crippen LogP contribution is -2.06. The van der Waals surface area contributed by atoms with Crippen molar-refractivity contribution < 1.29 is 0 Å². The number of aromatic nitrogens is 2. The highest BCUT2D eigenvalue weighted by Crippen LogP contribution is 2.40. The molecule has 0 atom stereocenters. The summed E-state index contributed by atoms with van der Waals surface area (Å²) in [4.78, 5) is 0. The number of nitrogens with zero attached hydrogens (tertiary/aromatic N) is 1. The molecule has 1 aromatic heterocycles. The third-order valence-corrected chi connectivity index (χ3v) is 3.79. The largest absolute Gasteiger partial charge is 0.301 e. The van der Waals surface area contributed by atoms with Gasteiger partial charge in [0, 0.05) is 11.6 Å². The highest BCUT2D eigenvalue weighted by molar-refractivity contribution is 7.71. The Hall–Kier alpha value is -0.570. The second-order valence-corrected chi connectivity index (χ2v) is 5.05. The maximum atomic E-state index is 5.39. The zero-order chi connectivity index (χ0) is 9.54. The monoisotopic (exact) mass is 208 g/mol. The Bertz CT molecular complexity index is 380. The van der Waals surface area contributed by atoms with Crippen molar-refractivity contribution in [3.05, 3.63) is 16.4 Å². The molecule has 2 nitrogen and oxygen atoms in total. The molecule has 2 fully saturated rings. The van der Waals surface area contributed by atoms with Gasteiger partial charge in [0.2, 0.25) is 0 Å². The lowest BCUT2D eigenvalue weighted by molar-refractivity contribution is 0.458. The van der Waals surface area contributed by atoms with Gasteiger partial charge in [0.05, 0.1) is 6.04 Å². The summed E-state index contributed by atoms with van der Waals surface area (Å²) in [5, 5.41) is 3.50. The molecule has 2 saturated carbocycles. The predicted octanol–water partition coefficient (Wildman–Crippen LogP) is 3.54. The second-order valence-electron chi connectivity index (χ2n) is 4.63. The number of hydrogen-bond donors (Lipinski definition) is 1. The number of H-pyrrole nitrogens is 1. The molecule has 3 rings (SSSR count). The lowest BCUT2D eigenvalue weighted by atomic mass is 10.3. The molecule has 0 saturated heterocycles. The van der Waals surface area contributed by atoms with Gasteiger partial charge in [0.15, 0.2) is 0 Å². The van der Waals surface area contributed by atoms with Crippen LogP contribution >= 0.6 is 12.2 Å². The highest BCUT2D eigenvalue weighted by Gasteiger charge is 2.27. The molecule has 0 bridgehead atoms. The molecule has 0 spiro atoms. The van der Waals surface area contributed by atoms with Gasteiger partial charge >= 0.3 is 0 Å². The molecule has 0 unspecified atom stereocenters. The van der Waals surface area contributed by atoms with Crippen LogP contribution < -0.4 is 0 Å². The molecular formula is C11H16N2S. The van der Waals surface area contributed by atoms with Gasteiger partial charge < -0.3 is 5.10 Å². The van der Waals surface area contributed by atoms with E-state index in [4.69, 9.17) is 12.2 Å². The van der Waals surface area contributed by atoms with Crippen LogP contribution in [0.15, 0.2) is 6.07 Å². The number of rotatable bonds is 2. The Morgan fingerprint density at radius 3 is 2.57 bits per heavy atom. The Kier molecular flexibility index (Phi) is 2.01. The van der Waals surface area contributed by atoms with E-state index < -0.39 is 0 Å². The molecule has 0 aromatic carbocycles. The van der Waals surface area contributed by atoms with E-state index in [1.807, 2.05) is 0 Å². The van der Waals surface area contributed by atoms with E-state index in [1.54, 1.807) is 0 Å². The molecule has 76 valence electrons. The molecule has 2 aliphatic carbocycles. The standard InChI is InChI=1S/C11H16N2S/c14-11-7-10(8-5-6-8)12-13(11)9-3-1-2-4-9/h7-9,12H,1-6H2. The minimum absolute atomic E-state index is 0.662. The van der Waals surface area contributed by atoms with Gasteiger partial charge in [-0.2, -0.15) is 0 Å². The molecule has 0 aliphatic heterocycles. The first-order valence-corrected chi connectivity index (χ1v) is 6.07. The first-order chi connectivity index (χ1) is 6.84. The lowest BCUT2D eigenvalue weighted by Gasteiger charge is -2.10. The minimum atomic E-state index is 0.662. The van der Waals surface area contributed by atoms with Crippen molar-refractivity contribution in [1.82, 2.24) is 9.78 Å². The zero-order valence-corrected chi connectivity index (χ0v) is 9.15. The van der Waals surface area contributed by atoms with Crippen molar-refractivity contribution in [2.24, 2.45) is 0 Å². The van der Waals surface area contributed by atoms with Crippen molar-refractivity contribution in [2.45, 2.75) is 50.5 Å². The fourth-order valence-electron chi connectivity index (χ4n) is 2.47. The van der Waals surface area contributed by atoms with Crippen molar-refractivity contribution in [3.63, 3.8) is 0 Å². The van der Waals surface area contributed by atoms with Crippen molar-refractivity contribution in [1.29, 1.82) is 0 Å². The summed E-state index contributed by atoms with van der Waals surface area (Å²) in [6.07, 6.45) is 8.03. The fraction of sp³-hybridized carbons (Fsp3) is 0.727. The Morgan fingerprint density at radius 1 is 1.21 bits per heavy atom. The Morgan fingerprint density at radius 2 is 1.93 bits per heavy atom. The van der Waals surface area contributed by atoms with E-state index in [-0.39, 0.29) is 0 Å². The van der Waals surface area contributed by atoms with Crippen LogP contribution in [-0.2, 0) is 0 Å². The highest BCUT2D eigenvalue weighted by atomic mass is 32.1. The molecule has 0 amide bonds. The van der Waals surface area contributed by atoms with Gasteiger partial charge in [-0.3, -0.25) is 4.68 Å². The van der Waals surface area contributed by atoms with Crippen LogP contribution in [-0.4, -0.2) is 9.78 Å². The summed E-state index contributed by atoms with van der Waals surface area (Å²) in [5.74, 6) is 0.791. The van der Waals surface area contributed by atoms with Gasteiger partial charge in [-0.25, -0.2) is 0 Å². The number of nitrogens with one attached hydrogen (secondary N) is 1. The quantitative estimate of drug-likeness (QED) is 0.737. The predicted molar refractivity (Wildman–Crippen MR) is 59.1 cm³/mol. The molecule has 3 heteroatoms. The normalized spacial score (nSPS) is 23.1. The summed E-state index contributed by atoms with van der Waals surface area (Å²) in [5.41, 5.74) is 1.38. The van der Waals surface area contributed by atoms with Crippen molar-refractivity contribution in [2.75, 3.05) is 0 Å². The van der Waals surface area contributed by atoms with Crippen LogP contribution in [0.1, 0.15) is 56.2 Å². The number of aromatic amines is 1. The zero-order valence-electron chi connectivity index (χ0n) is 8.33. The van der Waals surface area contributed by atoms with Gasteiger partial charge in [0.25, 0.3) is 0 Å². The molecular weight excluding hydrogens is 192 g/mol. The van der Waals surface area contributed by atoms with Gasteiger partial charge in [-0.05, 0) is 31.7 Å². The summed E-state index contributed by atoms with van der Waals surface area (Å²) in [7, 11) is 0. The number of hydrogen-bond acceptors (Lipinski definition) is 1. The Balaban J connectivity index is 1.92. The van der Waals surface area contributed by atoms with E-state index in [0.29, 0.717) is 6.04 Å². The first-order valence-electron chi connectivity index (χ1n) is 5.66. The first kappa shape index (κ1) is 8.72. The minimum Gasteiger partial charge on any atom is -0.301 e. The SMILES string of the molecule is S=c1cc(C2CC2)[nH]n1C1CCCC1. The van der Waals surface area contributed by atoms with Gasteiger partial charge in [-0.15, -0.1) is 0 Å². The summed E-state index contributed by atoms with van der Waals surface area (Å²) < 4.78 is 3.24. The molecule has 1 heterocycles. The maximum Gasteiger partial charge on any atom is 0.122 e. The third-order valence-electron chi connectivity index (χ3n) is 3.47. The van der Waals surface area contributed by atoms with E-state index in [1.165, 1.54) is 44.2 Å². The van der Waals surface area contributed by atoms with Crippen LogP contribution in [0.4, 0.5) is 0 Å².